The molecular weight excluding hydrogens is 636 g/mol. The van der Waals surface area contributed by atoms with Crippen LogP contribution in [0.4, 0.5) is 0 Å². The van der Waals surface area contributed by atoms with E-state index in [1.165, 1.54) is 0 Å². The molecule has 4 heterocycles. The van der Waals surface area contributed by atoms with Crippen molar-refractivity contribution in [3.05, 3.63) is 104 Å². The van der Waals surface area contributed by atoms with Crippen molar-refractivity contribution in [3.8, 4) is 0 Å². The van der Waals surface area contributed by atoms with Crippen LogP contribution in [0.25, 0.3) is 0 Å². The molecule has 2 atom stereocenters. The Bertz CT molecular complexity index is 1370. The number of hydrogen-bond donors (Lipinski definition) is 0. The van der Waals surface area contributed by atoms with Crippen LogP contribution in [0.1, 0.15) is 71.7 Å². The molecule has 0 radical (unpaired) electrons. The van der Waals surface area contributed by atoms with Gasteiger partial charge in [-0.25, -0.2) is 9.97 Å². The molecule has 4 aromatic rings. The number of rotatable bonds is 10. The van der Waals surface area contributed by atoms with Gasteiger partial charge in [-0.3, -0.25) is 9.59 Å². The zero-order chi connectivity index (χ0) is 27.9. The molecule has 0 amide bonds. The van der Waals surface area contributed by atoms with Crippen molar-refractivity contribution in [1.82, 2.24) is 30.4 Å². The van der Waals surface area contributed by atoms with Gasteiger partial charge < -0.3 is 0 Å². The molecule has 0 bridgehead atoms. The lowest BCUT2D eigenvalue weighted by atomic mass is 9.78. The van der Waals surface area contributed by atoms with Gasteiger partial charge in [0, 0.05) is 36.1 Å². The van der Waals surface area contributed by atoms with Crippen molar-refractivity contribution >= 4 is 43.4 Å². The first-order valence-electron chi connectivity index (χ1n) is 13.3. The number of pyridine rings is 2. The molecule has 4 aromatic heterocycles. The standard InChI is InChI=1S/C30H28Br2N6O2/c31-29-8-2-6-21(33-29)15-25(39)17-23-10-12-27(37-35-23)19-4-1-5-20(14-19)28-13-11-24(36-38-28)18-26(40)16-22-7-3-9-30(32)34-22/h2-3,6-13,19-20H,1,4-5,14-18H2/t19-,20-/m0/s1. The van der Waals surface area contributed by atoms with E-state index in [2.05, 4.69) is 62.2 Å². The minimum Gasteiger partial charge on any atom is -0.299 e. The van der Waals surface area contributed by atoms with Crippen LogP contribution in [0.15, 0.2) is 69.9 Å². The number of halogens is 2. The summed E-state index contributed by atoms with van der Waals surface area (Å²) in [6.07, 6.45) is 5.08. The number of carbonyl (C=O) groups is 2. The average Bonchev–Trinajstić information content (AvgIpc) is 2.94. The summed E-state index contributed by atoms with van der Waals surface area (Å²) in [4.78, 5) is 33.7. The van der Waals surface area contributed by atoms with Gasteiger partial charge in [-0.15, -0.1) is 0 Å². The van der Waals surface area contributed by atoms with E-state index in [0.29, 0.717) is 11.4 Å². The fourth-order valence-corrected chi connectivity index (χ4v) is 5.88. The van der Waals surface area contributed by atoms with E-state index in [1.54, 1.807) is 0 Å². The van der Waals surface area contributed by atoms with E-state index in [-0.39, 0.29) is 49.1 Å². The molecular formula is C30H28Br2N6O2. The SMILES string of the molecule is O=C(Cc1ccc([C@H]2CCC[C@H](c3ccc(CC(=O)Cc4cccc(Br)n4)nn3)C2)nn1)Cc1cccc(Br)n1. The molecule has 40 heavy (non-hydrogen) atoms. The Kier molecular flexibility index (Phi) is 9.49. The van der Waals surface area contributed by atoms with Crippen molar-refractivity contribution < 1.29 is 9.59 Å². The van der Waals surface area contributed by atoms with Crippen LogP contribution >= 0.6 is 31.9 Å². The van der Waals surface area contributed by atoms with Crippen molar-refractivity contribution in [1.29, 1.82) is 0 Å². The predicted molar refractivity (Wildman–Crippen MR) is 157 cm³/mol. The van der Waals surface area contributed by atoms with Gasteiger partial charge in [0.1, 0.15) is 20.8 Å². The third kappa shape index (κ3) is 7.91. The van der Waals surface area contributed by atoms with Gasteiger partial charge in [0.15, 0.2) is 0 Å². The Morgan fingerprint density at radius 1 is 0.600 bits per heavy atom. The zero-order valence-electron chi connectivity index (χ0n) is 21.8. The highest BCUT2D eigenvalue weighted by atomic mass is 79.9. The molecule has 1 aliphatic carbocycles. The second-order valence-corrected chi connectivity index (χ2v) is 11.8. The van der Waals surface area contributed by atoms with E-state index < -0.39 is 0 Å². The summed E-state index contributed by atoms with van der Waals surface area (Å²) in [5.41, 5.74) is 4.71. The minimum atomic E-state index is 0.0545. The molecule has 204 valence electrons. The maximum Gasteiger partial charge on any atom is 0.144 e. The molecule has 5 rings (SSSR count). The molecule has 0 aliphatic heterocycles. The molecule has 1 aliphatic rings. The van der Waals surface area contributed by atoms with Crippen LogP contribution in [0, 0.1) is 0 Å². The monoisotopic (exact) mass is 662 g/mol. The lowest BCUT2D eigenvalue weighted by Crippen LogP contribution is -2.17. The Hall–Kier alpha value is -3.24. The van der Waals surface area contributed by atoms with E-state index in [1.807, 2.05) is 60.7 Å². The maximum absolute atomic E-state index is 12.5. The fraction of sp³-hybridized carbons (Fsp3) is 0.333. The number of hydrogen-bond acceptors (Lipinski definition) is 8. The summed E-state index contributed by atoms with van der Waals surface area (Å²) in [6.45, 7) is 0. The molecule has 10 heteroatoms. The highest BCUT2D eigenvalue weighted by Gasteiger charge is 2.27. The Morgan fingerprint density at radius 3 is 1.45 bits per heavy atom. The van der Waals surface area contributed by atoms with Crippen LogP contribution in [0.5, 0.6) is 0 Å². The quantitative estimate of drug-likeness (QED) is 0.198. The van der Waals surface area contributed by atoms with E-state index >= 15 is 0 Å². The second kappa shape index (κ2) is 13.4. The largest absolute Gasteiger partial charge is 0.299 e. The summed E-state index contributed by atoms with van der Waals surface area (Å²) in [7, 11) is 0. The van der Waals surface area contributed by atoms with E-state index in [4.69, 9.17) is 0 Å². The van der Waals surface area contributed by atoms with Gasteiger partial charge in [0.05, 0.1) is 35.6 Å². The van der Waals surface area contributed by atoms with Gasteiger partial charge in [-0.05, 0) is 99.7 Å². The van der Waals surface area contributed by atoms with Gasteiger partial charge in [-0.1, -0.05) is 18.6 Å². The number of Topliss-reactive ketones (excluding diaryl/α,β-unsaturated/α-hetero) is 2. The highest BCUT2D eigenvalue weighted by molar-refractivity contribution is 9.10. The Labute approximate surface area is 249 Å². The van der Waals surface area contributed by atoms with Gasteiger partial charge in [0.2, 0.25) is 0 Å². The first-order chi connectivity index (χ1) is 19.4. The molecule has 0 saturated heterocycles. The lowest BCUT2D eigenvalue weighted by molar-refractivity contribution is -0.118. The first kappa shape index (κ1) is 28.3. The second-order valence-electron chi connectivity index (χ2n) is 10.1. The highest BCUT2D eigenvalue weighted by Crippen LogP contribution is 2.39. The normalized spacial score (nSPS) is 16.9. The summed E-state index contributed by atoms with van der Waals surface area (Å²) >= 11 is 6.68. The summed E-state index contributed by atoms with van der Waals surface area (Å²) < 4.78 is 1.44. The fourth-order valence-electron chi connectivity index (χ4n) is 5.12. The van der Waals surface area contributed by atoms with Crippen molar-refractivity contribution in [2.24, 2.45) is 0 Å². The molecule has 8 nitrogen and oxygen atoms in total. The topological polar surface area (TPSA) is 111 Å². The van der Waals surface area contributed by atoms with E-state index in [9.17, 15) is 9.59 Å². The van der Waals surface area contributed by atoms with E-state index in [0.717, 1.165) is 57.7 Å². The van der Waals surface area contributed by atoms with Gasteiger partial charge >= 0.3 is 0 Å². The average molecular weight is 664 g/mol. The molecule has 1 fully saturated rings. The summed E-state index contributed by atoms with van der Waals surface area (Å²) in [6, 6.07) is 18.9. The zero-order valence-corrected chi connectivity index (χ0v) is 25.0. The van der Waals surface area contributed by atoms with Crippen LogP contribution in [0.2, 0.25) is 0 Å². The minimum absolute atomic E-state index is 0.0545. The number of nitrogens with zero attached hydrogens (tertiary/aromatic N) is 6. The molecule has 0 N–H and O–H groups in total. The summed E-state index contributed by atoms with van der Waals surface area (Å²) in [5, 5.41) is 17.7. The first-order valence-corrected chi connectivity index (χ1v) is 14.9. The molecule has 1 saturated carbocycles. The third-order valence-electron chi connectivity index (χ3n) is 7.05. The van der Waals surface area contributed by atoms with Crippen molar-refractivity contribution in [2.75, 3.05) is 0 Å². The lowest BCUT2D eigenvalue weighted by Gasteiger charge is -2.28. The predicted octanol–water partition coefficient (Wildman–Crippen LogP) is 5.73. The smallest absolute Gasteiger partial charge is 0.144 e. The molecule has 0 spiro atoms. The Morgan fingerprint density at radius 2 is 1.05 bits per heavy atom. The van der Waals surface area contributed by atoms with Crippen molar-refractivity contribution in [3.63, 3.8) is 0 Å². The van der Waals surface area contributed by atoms with Crippen molar-refractivity contribution in [2.45, 2.75) is 63.2 Å². The number of ketones is 2. The maximum atomic E-state index is 12.5. The van der Waals surface area contributed by atoms with Crippen LogP contribution < -0.4 is 0 Å². The molecule has 0 aromatic carbocycles. The summed E-state index contributed by atoms with van der Waals surface area (Å²) in [5.74, 6) is 0.669. The number of aromatic nitrogens is 6. The molecule has 0 unspecified atom stereocenters. The van der Waals surface area contributed by atoms with Crippen LogP contribution in [-0.4, -0.2) is 41.9 Å². The number of carbonyl (C=O) groups excluding carboxylic acids is 2. The van der Waals surface area contributed by atoms with Gasteiger partial charge in [-0.2, -0.15) is 20.4 Å². The van der Waals surface area contributed by atoms with Crippen LogP contribution in [-0.2, 0) is 35.3 Å². The third-order valence-corrected chi connectivity index (χ3v) is 7.93. The van der Waals surface area contributed by atoms with Crippen LogP contribution in [0.3, 0.4) is 0 Å². The Balaban J connectivity index is 1.14. The van der Waals surface area contributed by atoms with Gasteiger partial charge in [0.25, 0.3) is 0 Å².